The van der Waals surface area contributed by atoms with E-state index in [1.807, 2.05) is 25.1 Å². The van der Waals surface area contributed by atoms with Crippen molar-refractivity contribution in [1.29, 1.82) is 0 Å². The van der Waals surface area contributed by atoms with Gasteiger partial charge in [0.15, 0.2) is 11.7 Å². The van der Waals surface area contributed by atoms with E-state index in [4.69, 9.17) is 20.6 Å². The number of halogens is 1. The van der Waals surface area contributed by atoms with E-state index >= 15 is 0 Å². The Hall–Kier alpha value is -2.87. The predicted octanol–water partition coefficient (Wildman–Crippen LogP) is 3.80. The highest BCUT2D eigenvalue weighted by molar-refractivity contribution is 6.30. The molecule has 0 bridgehead atoms. The van der Waals surface area contributed by atoms with E-state index in [9.17, 15) is 0 Å². The maximum absolute atomic E-state index is 6.01. The van der Waals surface area contributed by atoms with Crippen molar-refractivity contribution in [2.45, 2.75) is 39.7 Å². The first-order valence-electron chi connectivity index (χ1n) is 9.61. The maximum Gasteiger partial charge on any atom is 0.228 e. The first-order chi connectivity index (χ1) is 14.0. The van der Waals surface area contributed by atoms with Crippen LogP contribution in [0, 0.1) is 0 Å². The van der Waals surface area contributed by atoms with Crippen LogP contribution in [0.15, 0.2) is 44.4 Å². The lowest BCUT2D eigenvalue weighted by atomic mass is 10.1. The average Bonchev–Trinajstić information content (AvgIpc) is 3.36. The van der Waals surface area contributed by atoms with E-state index in [0.29, 0.717) is 48.1 Å². The summed E-state index contributed by atoms with van der Waals surface area (Å²) >= 11 is 6.01. The zero-order chi connectivity index (χ0) is 20.6. The number of benzene rings is 1. The van der Waals surface area contributed by atoms with E-state index < -0.39 is 0 Å². The summed E-state index contributed by atoms with van der Waals surface area (Å²) in [4.78, 5) is 8.95. The number of rotatable bonds is 8. The largest absolute Gasteiger partial charge is 0.359 e. The lowest BCUT2D eigenvalue weighted by Crippen LogP contribution is -2.38. The maximum atomic E-state index is 6.01. The topological polar surface area (TPSA) is 101 Å². The molecule has 0 unspecified atom stereocenters. The van der Waals surface area contributed by atoms with Crippen LogP contribution in [0.2, 0.25) is 5.02 Å². The smallest absolute Gasteiger partial charge is 0.228 e. The van der Waals surface area contributed by atoms with Gasteiger partial charge in [0, 0.05) is 36.2 Å². The second kappa shape index (κ2) is 10.1. The van der Waals surface area contributed by atoms with Crippen molar-refractivity contribution in [3.63, 3.8) is 0 Å². The van der Waals surface area contributed by atoms with Crippen LogP contribution in [-0.4, -0.2) is 34.3 Å². The van der Waals surface area contributed by atoms with Gasteiger partial charge in [0.1, 0.15) is 6.54 Å². The number of nitrogens with one attached hydrogen (secondary N) is 2. The summed E-state index contributed by atoms with van der Waals surface area (Å²) in [6.45, 7) is 7.92. The van der Waals surface area contributed by atoms with Gasteiger partial charge in [-0.25, -0.2) is 4.99 Å². The minimum atomic E-state index is 0.328. The van der Waals surface area contributed by atoms with Gasteiger partial charge in [-0.15, -0.1) is 0 Å². The number of aromatic nitrogens is 3. The average molecular weight is 417 g/mol. The summed E-state index contributed by atoms with van der Waals surface area (Å²) in [6.07, 6.45) is 0.567. The fourth-order valence-electron chi connectivity index (χ4n) is 2.56. The molecule has 0 spiro atoms. The minimum absolute atomic E-state index is 0.328. The summed E-state index contributed by atoms with van der Waals surface area (Å²) in [5.74, 6) is 2.81. The third-order valence-corrected chi connectivity index (χ3v) is 4.32. The Morgan fingerprint density at radius 3 is 2.76 bits per heavy atom. The Morgan fingerprint density at radius 2 is 2.03 bits per heavy atom. The molecule has 2 aromatic heterocycles. The van der Waals surface area contributed by atoms with Crippen molar-refractivity contribution in [3.05, 3.63) is 52.7 Å². The molecule has 0 fully saturated rings. The van der Waals surface area contributed by atoms with Crippen LogP contribution in [0.1, 0.15) is 44.0 Å². The molecular weight excluding hydrogens is 392 g/mol. The first kappa shape index (κ1) is 20.9. The third-order valence-electron chi connectivity index (χ3n) is 4.09. The SMILES string of the molecule is CCNC(=NCc1cc(C(C)C)no1)NCCc1nc(-c2cccc(Cl)c2)no1. The van der Waals surface area contributed by atoms with E-state index in [1.54, 1.807) is 12.1 Å². The Kier molecular flexibility index (Phi) is 7.24. The predicted molar refractivity (Wildman–Crippen MR) is 112 cm³/mol. The van der Waals surface area contributed by atoms with Gasteiger partial charge in [0.2, 0.25) is 11.7 Å². The monoisotopic (exact) mass is 416 g/mol. The molecular formula is C20H25ClN6O2. The van der Waals surface area contributed by atoms with Gasteiger partial charge in [0.05, 0.1) is 5.69 Å². The molecule has 0 aliphatic rings. The fraction of sp³-hybridized carbons (Fsp3) is 0.400. The highest BCUT2D eigenvalue weighted by Crippen LogP contribution is 2.20. The molecule has 0 saturated heterocycles. The van der Waals surface area contributed by atoms with Crippen LogP contribution < -0.4 is 10.6 Å². The zero-order valence-electron chi connectivity index (χ0n) is 16.8. The lowest BCUT2D eigenvalue weighted by molar-refractivity contribution is 0.375. The summed E-state index contributed by atoms with van der Waals surface area (Å²) in [5, 5.41) is 15.2. The quantitative estimate of drug-likeness (QED) is 0.425. The molecule has 0 aliphatic carbocycles. The lowest BCUT2D eigenvalue weighted by Gasteiger charge is -2.09. The molecule has 0 atom stereocenters. The number of aliphatic imine (C=N–C) groups is 1. The van der Waals surface area contributed by atoms with Crippen molar-refractivity contribution in [3.8, 4) is 11.4 Å². The minimum Gasteiger partial charge on any atom is -0.359 e. The first-order valence-corrected chi connectivity index (χ1v) is 9.99. The second-order valence-electron chi connectivity index (χ2n) is 6.77. The van der Waals surface area contributed by atoms with E-state index in [-0.39, 0.29) is 0 Å². The van der Waals surface area contributed by atoms with Crippen molar-refractivity contribution in [1.82, 2.24) is 25.9 Å². The molecule has 29 heavy (non-hydrogen) atoms. The summed E-state index contributed by atoms with van der Waals surface area (Å²) in [7, 11) is 0. The molecule has 1 aromatic carbocycles. The summed E-state index contributed by atoms with van der Waals surface area (Å²) in [6, 6.07) is 9.29. The number of nitrogens with zero attached hydrogens (tertiary/aromatic N) is 4. The van der Waals surface area contributed by atoms with Gasteiger partial charge in [-0.1, -0.05) is 47.9 Å². The molecule has 0 saturated carbocycles. The molecule has 9 heteroatoms. The van der Waals surface area contributed by atoms with Crippen LogP contribution in [0.4, 0.5) is 0 Å². The molecule has 2 heterocycles. The molecule has 0 radical (unpaired) electrons. The van der Waals surface area contributed by atoms with Crippen molar-refractivity contribution < 1.29 is 9.05 Å². The van der Waals surface area contributed by atoms with Crippen molar-refractivity contribution in [2.24, 2.45) is 4.99 Å². The Labute approximate surface area is 174 Å². The van der Waals surface area contributed by atoms with Crippen LogP contribution in [0.3, 0.4) is 0 Å². The molecule has 3 aromatic rings. The molecule has 0 amide bonds. The van der Waals surface area contributed by atoms with Crippen LogP contribution in [-0.2, 0) is 13.0 Å². The van der Waals surface area contributed by atoms with Crippen molar-refractivity contribution >= 4 is 17.6 Å². The van der Waals surface area contributed by atoms with Crippen molar-refractivity contribution in [2.75, 3.05) is 13.1 Å². The number of hydrogen-bond donors (Lipinski definition) is 2. The normalized spacial score (nSPS) is 11.8. The Balaban J connectivity index is 1.54. The van der Waals surface area contributed by atoms with E-state index in [2.05, 4.69) is 44.8 Å². The molecule has 2 N–H and O–H groups in total. The van der Waals surface area contributed by atoms with Gasteiger partial charge >= 0.3 is 0 Å². The Bertz CT molecular complexity index is 950. The standard InChI is InChI=1S/C20H25ClN6O2/c1-4-22-20(24-12-16-11-17(13(2)3)26-28-16)23-9-8-18-25-19(27-29-18)14-6-5-7-15(21)10-14/h5-7,10-11,13H,4,8-9,12H2,1-3H3,(H2,22,23,24). The van der Waals surface area contributed by atoms with Crippen LogP contribution >= 0.6 is 11.6 Å². The van der Waals surface area contributed by atoms with Gasteiger partial charge in [-0.3, -0.25) is 0 Å². The second-order valence-corrected chi connectivity index (χ2v) is 7.20. The van der Waals surface area contributed by atoms with Crippen LogP contribution in [0.25, 0.3) is 11.4 Å². The molecule has 3 rings (SSSR count). The van der Waals surface area contributed by atoms with Gasteiger partial charge in [0.25, 0.3) is 0 Å². The van der Waals surface area contributed by atoms with Crippen LogP contribution in [0.5, 0.6) is 0 Å². The molecule has 0 aliphatic heterocycles. The van der Waals surface area contributed by atoms with Gasteiger partial charge < -0.3 is 19.7 Å². The van der Waals surface area contributed by atoms with Gasteiger partial charge in [-0.05, 0) is 25.0 Å². The van der Waals surface area contributed by atoms with Gasteiger partial charge in [-0.2, -0.15) is 4.98 Å². The summed E-state index contributed by atoms with van der Waals surface area (Å²) in [5.41, 5.74) is 1.75. The third kappa shape index (κ3) is 6.05. The molecule has 8 nitrogen and oxygen atoms in total. The number of guanidine groups is 1. The summed E-state index contributed by atoms with van der Waals surface area (Å²) < 4.78 is 10.7. The Morgan fingerprint density at radius 1 is 1.17 bits per heavy atom. The van der Waals surface area contributed by atoms with E-state index in [0.717, 1.165) is 23.6 Å². The highest BCUT2D eigenvalue weighted by Gasteiger charge is 2.10. The zero-order valence-corrected chi connectivity index (χ0v) is 17.5. The highest BCUT2D eigenvalue weighted by atomic mass is 35.5. The van der Waals surface area contributed by atoms with E-state index in [1.165, 1.54) is 0 Å². The molecule has 154 valence electrons. The number of hydrogen-bond acceptors (Lipinski definition) is 6. The fourth-order valence-corrected chi connectivity index (χ4v) is 2.75.